The number of rotatable bonds is 5. The van der Waals surface area contributed by atoms with Gasteiger partial charge in [-0.3, -0.25) is 4.79 Å². The van der Waals surface area contributed by atoms with Gasteiger partial charge in [-0.25, -0.2) is 9.78 Å². The summed E-state index contributed by atoms with van der Waals surface area (Å²) in [4.78, 5) is 26.3. The van der Waals surface area contributed by atoms with Crippen molar-refractivity contribution in [1.29, 1.82) is 0 Å². The first-order chi connectivity index (χ1) is 9.13. The fourth-order valence-electron chi connectivity index (χ4n) is 1.92. The molecule has 1 heterocycles. The molecule has 0 aromatic carbocycles. The molecule has 1 amide bonds. The number of hydrogen-bond acceptors (Lipinski definition) is 3. The molecule has 19 heavy (non-hydrogen) atoms. The van der Waals surface area contributed by atoms with Crippen LogP contribution in [0, 0.1) is 5.92 Å². The maximum Gasteiger partial charge on any atom is 0.328 e. The third-order valence-corrected chi connectivity index (χ3v) is 3.13. The Morgan fingerprint density at radius 2 is 2.21 bits per heavy atom. The number of carbonyl (C=O) groups is 2. The summed E-state index contributed by atoms with van der Waals surface area (Å²) < 4.78 is 0. The molecular formula is C14H16N2O3. The summed E-state index contributed by atoms with van der Waals surface area (Å²) >= 11 is 0. The van der Waals surface area contributed by atoms with Gasteiger partial charge in [0.05, 0.1) is 5.69 Å². The molecule has 5 heteroatoms. The van der Waals surface area contributed by atoms with Crippen LogP contribution in [-0.2, 0) is 9.59 Å². The van der Waals surface area contributed by atoms with E-state index in [9.17, 15) is 9.59 Å². The SMILES string of the molecule is O=C(O)/C=C/c1cccc(NC(=O)CC2CCC2)n1. The molecule has 2 rings (SSSR count). The van der Waals surface area contributed by atoms with Crippen molar-refractivity contribution in [2.45, 2.75) is 25.7 Å². The van der Waals surface area contributed by atoms with Gasteiger partial charge in [0.25, 0.3) is 0 Å². The fraction of sp³-hybridized carbons (Fsp3) is 0.357. The second-order valence-corrected chi connectivity index (χ2v) is 4.67. The van der Waals surface area contributed by atoms with E-state index in [2.05, 4.69) is 10.3 Å². The van der Waals surface area contributed by atoms with E-state index in [4.69, 9.17) is 5.11 Å². The summed E-state index contributed by atoms with van der Waals surface area (Å²) in [7, 11) is 0. The molecular weight excluding hydrogens is 244 g/mol. The van der Waals surface area contributed by atoms with Crippen molar-refractivity contribution in [3.05, 3.63) is 30.0 Å². The normalized spacial score (nSPS) is 15.2. The van der Waals surface area contributed by atoms with Crippen LogP contribution >= 0.6 is 0 Å². The van der Waals surface area contributed by atoms with E-state index in [0.29, 0.717) is 23.9 Å². The molecule has 1 aliphatic carbocycles. The van der Waals surface area contributed by atoms with Crippen LogP contribution in [0.15, 0.2) is 24.3 Å². The van der Waals surface area contributed by atoms with Gasteiger partial charge in [0.15, 0.2) is 0 Å². The standard InChI is InChI=1S/C14H16N2O3/c17-13(9-10-3-1-4-10)16-12-6-2-5-11(15-12)7-8-14(18)19/h2,5-8,10H,1,3-4,9H2,(H,18,19)(H,15,16,17)/b8-7+. The predicted molar refractivity (Wildman–Crippen MR) is 71.5 cm³/mol. The van der Waals surface area contributed by atoms with Crippen LogP contribution < -0.4 is 5.32 Å². The van der Waals surface area contributed by atoms with E-state index in [1.54, 1.807) is 18.2 Å². The smallest absolute Gasteiger partial charge is 0.328 e. The maximum atomic E-state index is 11.7. The molecule has 0 spiro atoms. The van der Waals surface area contributed by atoms with Gasteiger partial charge in [0.1, 0.15) is 5.82 Å². The zero-order valence-electron chi connectivity index (χ0n) is 10.5. The zero-order chi connectivity index (χ0) is 13.7. The van der Waals surface area contributed by atoms with Gasteiger partial charge in [-0.2, -0.15) is 0 Å². The van der Waals surface area contributed by atoms with Crippen molar-refractivity contribution in [3.8, 4) is 0 Å². The summed E-state index contributed by atoms with van der Waals surface area (Å²) in [6.45, 7) is 0. The Balaban J connectivity index is 1.94. The van der Waals surface area contributed by atoms with Gasteiger partial charge < -0.3 is 10.4 Å². The molecule has 1 aromatic rings. The average Bonchev–Trinajstić information content (AvgIpc) is 2.32. The molecule has 1 aromatic heterocycles. The van der Waals surface area contributed by atoms with E-state index in [1.807, 2.05) is 0 Å². The summed E-state index contributed by atoms with van der Waals surface area (Å²) in [6.07, 6.45) is 6.42. The Morgan fingerprint density at radius 3 is 2.84 bits per heavy atom. The van der Waals surface area contributed by atoms with E-state index in [-0.39, 0.29) is 5.91 Å². The number of aromatic nitrogens is 1. The maximum absolute atomic E-state index is 11.7. The van der Waals surface area contributed by atoms with Gasteiger partial charge >= 0.3 is 5.97 Å². The van der Waals surface area contributed by atoms with Gasteiger partial charge in [-0.05, 0) is 37.0 Å². The minimum absolute atomic E-state index is 0.0310. The van der Waals surface area contributed by atoms with Crippen LogP contribution in [-0.4, -0.2) is 22.0 Å². The molecule has 1 fully saturated rings. The molecule has 100 valence electrons. The van der Waals surface area contributed by atoms with E-state index in [1.165, 1.54) is 12.5 Å². The predicted octanol–water partition coefficient (Wildman–Crippen LogP) is 2.31. The quantitative estimate of drug-likeness (QED) is 0.796. The number of amides is 1. The van der Waals surface area contributed by atoms with Crippen LogP contribution in [0.5, 0.6) is 0 Å². The number of aliphatic carboxylic acids is 1. The Labute approximate surface area is 111 Å². The van der Waals surface area contributed by atoms with Crippen LogP contribution in [0.25, 0.3) is 6.08 Å². The molecule has 1 saturated carbocycles. The molecule has 0 bridgehead atoms. The lowest BCUT2D eigenvalue weighted by atomic mass is 9.83. The number of nitrogens with zero attached hydrogens (tertiary/aromatic N) is 1. The minimum atomic E-state index is -1.03. The third-order valence-electron chi connectivity index (χ3n) is 3.13. The second kappa shape index (κ2) is 6.13. The number of carboxylic acids is 1. The highest BCUT2D eigenvalue weighted by molar-refractivity contribution is 5.90. The van der Waals surface area contributed by atoms with Gasteiger partial charge in [-0.15, -0.1) is 0 Å². The van der Waals surface area contributed by atoms with Crippen molar-refractivity contribution >= 4 is 23.8 Å². The van der Waals surface area contributed by atoms with Crippen molar-refractivity contribution in [2.75, 3.05) is 5.32 Å². The number of carbonyl (C=O) groups excluding carboxylic acids is 1. The fourth-order valence-corrected chi connectivity index (χ4v) is 1.92. The second-order valence-electron chi connectivity index (χ2n) is 4.67. The average molecular weight is 260 g/mol. The summed E-state index contributed by atoms with van der Waals surface area (Å²) in [6, 6.07) is 5.10. The molecule has 0 saturated heterocycles. The van der Waals surface area contributed by atoms with Crippen molar-refractivity contribution in [2.24, 2.45) is 5.92 Å². The van der Waals surface area contributed by atoms with E-state index in [0.717, 1.165) is 18.9 Å². The topological polar surface area (TPSA) is 79.3 Å². The first kappa shape index (κ1) is 13.3. The lowest BCUT2D eigenvalue weighted by Crippen LogP contribution is -2.21. The molecule has 5 nitrogen and oxygen atoms in total. The number of carboxylic acid groups (broad SMARTS) is 1. The zero-order valence-corrected chi connectivity index (χ0v) is 10.5. The summed E-state index contributed by atoms with van der Waals surface area (Å²) in [5.41, 5.74) is 0.504. The highest BCUT2D eigenvalue weighted by Crippen LogP contribution is 2.29. The van der Waals surface area contributed by atoms with E-state index < -0.39 is 5.97 Å². The number of hydrogen-bond donors (Lipinski definition) is 2. The lowest BCUT2D eigenvalue weighted by Gasteiger charge is -2.24. The van der Waals surface area contributed by atoms with Crippen LogP contribution in [0.3, 0.4) is 0 Å². The third kappa shape index (κ3) is 4.21. The Bertz CT molecular complexity index is 507. The van der Waals surface area contributed by atoms with E-state index >= 15 is 0 Å². The largest absolute Gasteiger partial charge is 0.478 e. The van der Waals surface area contributed by atoms with Crippen LogP contribution in [0.1, 0.15) is 31.4 Å². The van der Waals surface area contributed by atoms with Crippen LogP contribution in [0.4, 0.5) is 5.82 Å². The lowest BCUT2D eigenvalue weighted by molar-refractivity contribution is -0.131. The Kier molecular flexibility index (Phi) is 4.28. The van der Waals surface area contributed by atoms with Crippen molar-refractivity contribution in [1.82, 2.24) is 4.98 Å². The molecule has 0 atom stereocenters. The van der Waals surface area contributed by atoms with Crippen LogP contribution in [0.2, 0.25) is 0 Å². The van der Waals surface area contributed by atoms with Gasteiger partial charge in [0.2, 0.25) is 5.91 Å². The Morgan fingerprint density at radius 1 is 1.42 bits per heavy atom. The molecule has 2 N–H and O–H groups in total. The summed E-state index contributed by atoms with van der Waals surface area (Å²) in [5.74, 6) is -0.0928. The Hall–Kier alpha value is -2.17. The molecule has 1 aliphatic rings. The monoisotopic (exact) mass is 260 g/mol. The van der Waals surface area contributed by atoms with Crippen molar-refractivity contribution in [3.63, 3.8) is 0 Å². The number of nitrogens with one attached hydrogen (secondary N) is 1. The number of pyridine rings is 1. The molecule has 0 radical (unpaired) electrons. The molecule has 0 unspecified atom stereocenters. The number of anilines is 1. The summed E-state index contributed by atoms with van der Waals surface area (Å²) in [5, 5.41) is 11.3. The highest BCUT2D eigenvalue weighted by atomic mass is 16.4. The highest BCUT2D eigenvalue weighted by Gasteiger charge is 2.20. The first-order valence-corrected chi connectivity index (χ1v) is 6.31. The van der Waals surface area contributed by atoms with Gasteiger partial charge in [-0.1, -0.05) is 12.5 Å². The molecule has 0 aliphatic heterocycles. The minimum Gasteiger partial charge on any atom is -0.478 e. The van der Waals surface area contributed by atoms with Gasteiger partial charge in [0, 0.05) is 12.5 Å². The van der Waals surface area contributed by atoms with Crippen molar-refractivity contribution < 1.29 is 14.7 Å². The first-order valence-electron chi connectivity index (χ1n) is 6.31.